The highest BCUT2D eigenvalue weighted by atomic mass is 35.5. The Labute approximate surface area is 152 Å². The minimum absolute atomic E-state index is 0. The van der Waals surface area contributed by atoms with Gasteiger partial charge in [0.1, 0.15) is 6.54 Å². The SMILES string of the molecule is COc1ccc(CCNCc2cnn(CC(F)F)c2C)cc1OC.Cl. The molecule has 1 aromatic carbocycles. The van der Waals surface area contributed by atoms with Crippen LogP contribution in [0.15, 0.2) is 24.4 Å². The molecule has 8 heteroatoms. The van der Waals surface area contributed by atoms with Gasteiger partial charge in [0.15, 0.2) is 11.5 Å². The van der Waals surface area contributed by atoms with E-state index in [1.807, 2.05) is 18.2 Å². The number of aromatic nitrogens is 2. The first-order valence-electron chi connectivity index (χ1n) is 7.76. The van der Waals surface area contributed by atoms with Crippen molar-refractivity contribution in [1.82, 2.24) is 15.1 Å². The van der Waals surface area contributed by atoms with Crippen LogP contribution >= 0.6 is 12.4 Å². The summed E-state index contributed by atoms with van der Waals surface area (Å²) in [5, 5.41) is 7.31. The van der Waals surface area contributed by atoms with Crippen LogP contribution in [-0.2, 0) is 19.5 Å². The summed E-state index contributed by atoms with van der Waals surface area (Å²) in [6.45, 7) is 2.80. The molecule has 140 valence electrons. The fourth-order valence-corrected chi connectivity index (χ4v) is 2.47. The van der Waals surface area contributed by atoms with E-state index in [1.54, 1.807) is 27.3 Å². The third-order valence-corrected chi connectivity index (χ3v) is 3.87. The van der Waals surface area contributed by atoms with Crippen LogP contribution in [0, 0.1) is 6.92 Å². The normalized spacial score (nSPS) is 10.6. The van der Waals surface area contributed by atoms with E-state index in [-0.39, 0.29) is 19.0 Å². The van der Waals surface area contributed by atoms with Crippen LogP contribution in [-0.4, -0.2) is 37.0 Å². The number of rotatable bonds is 9. The first-order chi connectivity index (χ1) is 11.5. The van der Waals surface area contributed by atoms with Crippen molar-refractivity contribution < 1.29 is 18.3 Å². The predicted octanol–water partition coefficient (Wildman–Crippen LogP) is 3.23. The van der Waals surface area contributed by atoms with Crippen LogP contribution in [0.5, 0.6) is 11.5 Å². The van der Waals surface area contributed by atoms with Crippen LogP contribution in [0.25, 0.3) is 0 Å². The average molecular weight is 376 g/mol. The van der Waals surface area contributed by atoms with Gasteiger partial charge in [-0.05, 0) is 37.6 Å². The van der Waals surface area contributed by atoms with Gasteiger partial charge in [0.25, 0.3) is 6.43 Å². The van der Waals surface area contributed by atoms with E-state index in [1.165, 1.54) is 4.68 Å². The lowest BCUT2D eigenvalue weighted by molar-refractivity contribution is 0.121. The number of alkyl halides is 2. The molecule has 25 heavy (non-hydrogen) atoms. The average Bonchev–Trinajstić information content (AvgIpc) is 2.91. The van der Waals surface area contributed by atoms with Crippen LogP contribution in [0.1, 0.15) is 16.8 Å². The zero-order valence-electron chi connectivity index (χ0n) is 14.6. The molecule has 1 heterocycles. The molecule has 0 amide bonds. The van der Waals surface area contributed by atoms with Gasteiger partial charge in [-0.1, -0.05) is 6.07 Å². The summed E-state index contributed by atoms with van der Waals surface area (Å²) in [6, 6.07) is 5.83. The van der Waals surface area contributed by atoms with E-state index in [9.17, 15) is 8.78 Å². The third-order valence-electron chi connectivity index (χ3n) is 3.87. The fraction of sp³-hybridized carbons (Fsp3) is 0.471. The van der Waals surface area contributed by atoms with E-state index in [0.717, 1.165) is 29.8 Å². The number of benzene rings is 1. The highest BCUT2D eigenvalue weighted by molar-refractivity contribution is 5.85. The van der Waals surface area contributed by atoms with Crippen molar-refractivity contribution >= 4 is 12.4 Å². The van der Waals surface area contributed by atoms with Crippen molar-refractivity contribution in [3.05, 3.63) is 41.2 Å². The van der Waals surface area contributed by atoms with Gasteiger partial charge >= 0.3 is 0 Å². The first-order valence-corrected chi connectivity index (χ1v) is 7.76. The molecular weight excluding hydrogens is 352 g/mol. The van der Waals surface area contributed by atoms with Crippen molar-refractivity contribution in [3.8, 4) is 11.5 Å². The molecular formula is C17H24ClF2N3O2. The molecule has 0 radical (unpaired) electrons. The fourth-order valence-electron chi connectivity index (χ4n) is 2.47. The third kappa shape index (κ3) is 5.86. The molecule has 0 bridgehead atoms. The van der Waals surface area contributed by atoms with E-state index in [4.69, 9.17) is 9.47 Å². The topological polar surface area (TPSA) is 48.3 Å². The molecule has 2 aromatic rings. The van der Waals surface area contributed by atoms with E-state index in [2.05, 4.69) is 10.4 Å². The number of hydrogen-bond donors (Lipinski definition) is 1. The molecule has 0 aliphatic heterocycles. The van der Waals surface area contributed by atoms with Gasteiger partial charge in [-0.15, -0.1) is 12.4 Å². The van der Waals surface area contributed by atoms with Gasteiger partial charge in [0.05, 0.1) is 20.4 Å². The summed E-state index contributed by atoms with van der Waals surface area (Å²) < 4.78 is 36.7. The number of hydrogen-bond acceptors (Lipinski definition) is 4. The smallest absolute Gasteiger partial charge is 0.257 e. The molecule has 0 aliphatic carbocycles. The molecule has 0 spiro atoms. The maximum atomic E-state index is 12.4. The summed E-state index contributed by atoms with van der Waals surface area (Å²) in [4.78, 5) is 0. The second-order valence-corrected chi connectivity index (χ2v) is 5.44. The van der Waals surface area contributed by atoms with Gasteiger partial charge in [0.2, 0.25) is 0 Å². The zero-order chi connectivity index (χ0) is 17.5. The van der Waals surface area contributed by atoms with Gasteiger partial charge < -0.3 is 14.8 Å². The standard InChI is InChI=1S/C17H23F2N3O2.ClH/c1-12-14(10-21-22(12)11-17(18)19)9-20-7-6-13-4-5-15(23-2)16(8-13)24-3;/h4-5,8,10,17,20H,6-7,9,11H2,1-3H3;1H. The van der Waals surface area contributed by atoms with Gasteiger partial charge in [-0.25, -0.2) is 8.78 Å². The van der Waals surface area contributed by atoms with Crippen molar-refractivity contribution in [1.29, 1.82) is 0 Å². The number of nitrogens with zero attached hydrogens (tertiary/aromatic N) is 2. The largest absolute Gasteiger partial charge is 0.493 e. The Bertz CT molecular complexity index is 665. The van der Waals surface area contributed by atoms with Crippen LogP contribution in [0.2, 0.25) is 0 Å². The van der Waals surface area contributed by atoms with Crippen LogP contribution in [0.3, 0.4) is 0 Å². The predicted molar refractivity (Wildman–Crippen MR) is 95.2 cm³/mol. The van der Waals surface area contributed by atoms with E-state index < -0.39 is 6.43 Å². The Morgan fingerprint density at radius 2 is 1.92 bits per heavy atom. The Morgan fingerprint density at radius 1 is 1.20 bits per heavy atom. The van der Waals surface area contributed by atoms with Crippen molar-refractivity contribution in [2.45, 2.75) is 32.9 Å². The van der Waals surface area contributed by atoms with Crippen molar-refractivity contribution in [2.24, 2.45) is 0 Å². The lowest BCUT2D eigenvalue weighted by Crippen LogP contribution is -2.17. The molecule has 0 saturated heterocycles. The number of ether oxygens (including phenoxy) is 2. The minimum atomic E-state index is -2.39. The molecule has 1 N–H and O–H groups in total. The zero-order valence-corrected chi connectivity index (χ0v) is 15.4. The second-order valence-electron chi connectivity index (χ2n) is 5.44. The van der Waals surface area contributed by atoms with Crippen molar-refractivity contribution in [3.63, 3.8) is 0 Å². The maximum Gasteiger partial charge on any atom is 0.257 e. The van der Waals surface area contributed by atoms with E-state index >= 15 is 0 Å². The Hall–Kier alpha value is -1.86. The molecule has 1 aromatic heterocycles. The maximum absolute atomic E-state index is 12.4. The molecule has 0 unspecified atom stereocenters. The molecule has 0 atom stereocenters. The van der Waals surface area contributed by atoms with E-state index in [0.29, 0.717) is 18.0 Å². The number of methoxy groups -OCH3 is 2. The summed E-state index contributed by atoms with van der Waals surface area (Å²) >= 11 is 0. The van der Waals surface area contributed by atoms with Crippen LogP contribution < -0.4 is 14.8 Å². The molecule has 2 rings (SSSR count). The monoisotopic (exact) mass is 375 g/mol. The Balaban J connectivity index is 0.00000312. The van der Waals surface area contributed by atoms with Gasteiger partial charge in [0, 0.05) is 17.8 Å². The number of nitrogens with one attached hydrogen (secondary N) is 1. The minimum Gasteiger partial charge on any atom is -0.493 e. The Kier molecular flexibility index (Phi) is 8.65. The van der Waals surface area contributed by atoms with Gasteiger partial charge in [-0.3, -0.25) is 4.68 Å². The second kappa shape index (κ2) is 10.2. The quantitative estimate of drug-likeness (QED) is 0.684. The highest BCUT2D eigenvalue weighted by Gasteiger charge is 2.10. The summed E-state index contributed by atoms with van der Waals surface area (Å²) in [6.07, 6.45) is 0.0700. The Morgan fingerprint density at radius 3 is 2.56 bits per heavy atom. The summed E-state index contributed by atoms with van der Waals surface area (Å²) in [5.41, 5.74) is 2.84. The molecule has 0 aliphatic rings. The lowest BCUT2D eigenvalue weighted by atomic mass is 10.1. The highest BCUT2D eigenvalue weighted by Crippen LogP contribution is 2.27. The summed E-state index contributed by atoms with van der Waals surface area (Å²) in [5.74, 6) is 1.41. The molecule has 5 nitrogen and oxygen atoms in total. The lowest BCUT2D eigenvalue weighted by Gasteiger charge is -2.10. The van der Waals surface area contributed by atoms with Crippen LogP contribution in [0.4, 0.5) is 8.78 Å². The number of halogens is 3. The molecule has 0 fully saturated rings. The first kappa shape index (κ1) is 21.2. The van der Waals surface area contributed by atoms with Gasteiger partial charge in [-0.2, -0.15) is 5.10 Å². The molecule has 0 saturated carbocycles. The van der Waals surface area contributed by atoms with Crippen molar-refractivity contribution in [2.75, 3.05) is 20.8 Å². The summed E-state index contributed by atoms with van der Waals surface area (Å²) in [7, 11) is 3.22.